The fourth-order valence-corrected chi connectivity index (χ4v) is 1.78. The van der Waals surface area contributed by atoms with Crippen LogP contribution in [0.4, 0.5) is 10.5 Å². The molecule has 1 aliphatic rings. The summed E-state index contributed by atoms with van der Waals surface area (Å²) in [7, 11) is 0. The first-order chi connectivity index (χ1) is 8.94. The van der Waals surface area contributed by atoms with Gasteiger partial charge in [-0.3, -0.25) is 0 Å². The lowest BCUT2D eigenvalue weighted by molar-refractivity contribution is 0.0523. The van der Waals surface area contributed by atoms with Gasteiger partial charge in [-0.05, 0) is 38.5 Å². The van der Waals surface area contributed by atoms with Crippen molar-refractivity contribution in [2.24, 2.45) is 0 Å². The van der Waals surface area contributed by atoms with Crippen LogP contribution in [0.5, 0.6) is 5.75 Å². The summed E-state index contributed by atoms with van der Waals surface area (Å²) in [5.74, 6) is 0.828. The molecule has 1 aliphatic heterocycles. The highest BCUT2D eigenvalue weighted by Crippen LogP contribution is 2.28. The molecule has 0 aliphatic carbocycles. The van der Waals surface area contributed by atoms with Gasteiger partial charge in [0.25, 0.3) is 0 Å². The number of anilines is 1. The van der Waals surface area contributed by atoms with E-state index in [4.69, 9.17) is 9.47 Å². The van der Waals surface area contributed by atoms with Crippen molar-refractivity contribution in [3.8, 4) is 5.75 Å². The van der Waals surface area contributed by atoms with Crippen molar-refractivity contribution in [1.82, 2.24) is 5.32 Å². The van der Waals surface area contributed by atoms with Gasteiger partial charge in [0, 0.05) is 13.1 Å². The maximum Gasteiger partial charge on any atom is 0.407 e. The van der Waals surface area contributed by atoms with Gasteiger partial charge in [0.15, 0.2) is 0 Å². The van der Waals surface area contributed by atoms with Crippen LogP contribution >= 0.6 is 0 Å². The quantitative estimate of drug-likeness (QED) is 0.861. The zero-order chi connectivity index (χ0) is 13.9. The van der Waals surface area contributed by atoms with Gasteiger partial charge < -0.3 is 20.1 Å². The molecule has 5 heteroatoms. The van der Waals surface area contributed by atoms with Crippen LogP contribution < -0.4 is 15.4 Å². The molecule has 0 saturated carbocycles. The number of carbonyl (C=O) groups excluding carboxylic acids is 1. The minimum atomic E-state index is -0.479. The van der Waals surface area contributed by atoms with E-state index in [0.29, 0.717) is 13.2 Å². The minimum Gasteiger partial charge on any atom is -0.490 e. The first-order valence-corrected chi connectivity index (χ1v) is 6.40. The van der Waals surface area contributed by atoms with Crippen LogP contribution in [0.25, 0.3) is 0 Å². The van der Waals surface area contributed by atoms with Crippen LogP contribution in [-0.4, -0.2) is 24.8 Å². The average molecular weight is 264 g/mol. The third-order valence-corrected chi connectivity index (χ3v) is 2.56. The number of hydrogen-bond donors (Lipinski definition) is 2. The Hall–Kier alpha value is -1.91. The molecule has 2 rings (SSSR count). The summed E-state index contributed by atoms with van der Waals surface area (Å²) in [6.45, 7) is 7.42. The van der Waals surface area contributed by atoms with Gasteiger partial charge in [0.1, 0.15) is 18.0 Å². The predicted molar refractivity (Wildman–Crippen MR) is 73.5 cm³/mol. The van der Waals surface area contributed by atoms with Gasteiger partial charge in [-0.15, -0.1) is 0 Å². The highest BCUT2D eigenvalue weighted by molar-refractivity contribution is 5.68. The SMILES string of the molecule is CC(C)(C)OC(=O)NCc1ccc2c(c1)OCCN2. The molecule has 0 fully saturated rings. The second-order valence-corrected chi connectivity index (χ2v) is 5.46. The third-order valence-electron chi connectivity index (χ3n) is 2.56. The molecule has 2 N–H and O–H groups in total. The van der Waals surface area contributed by atoms with Crippen molar-refractivity contribution in [2.75, 3.05) is 18.5 Å². The van der Waals surface area contributed by atoms with Crippen molar-refractivity contribution >= 4 is 11.8 Å². The van der Waals surface area contributed by atoms with Crippen molar-refractivity contribution in [3.63, 3.8) is 0 Å². The average Bonchev–Trinajstić information content (AvgIpc) is 2.34. The van der Waals surface area contributed by atoms with Gasteiger partial charge in [-0.2, -0.15) is 0 Å². The van der Waals surface area contributed by atoms with E-state index >= 15 is 0 Å². The zero-order valence-electron chi connectivity index (χ0n) is 11.6. The normalized spacial score (nSPS) is 13.8. The van der Waals surface area contributed by atoms with Crippen LogP contribution in [0.15, 0.2) is 18.2 Å². The summed E-state index contributed by atoms with van der Waals surface area (Å²) in [5.41, 5.74) is 1.49. The summed E-state index contributed by atoms with van der Waals surface area (Å²) in [6.07, 6.45) is -0.413. The molecule has 0 bridgehead atoms. The van der Waals surface area contributed by atoms with E-state index in [9.17, 15) is 4.79 Å². The smallest absolute Gasteiger partial charge is 0.407 e. The molecule has 5 nitrogen and oxygen atoms in total. The van der Waals surface area contributed by atoms with Gasteiger partial charge in [-0.1, -0.05) is 6.07 Å². The van der Waals surface area contributed by atoms with Crippen LogP contribution in [0.1, 0.15) is 26.3 Å². The topological polar surface area (TPSA) is 59.6 Å². The van der Waals surface area contributed by atoms with Crippen molar-refractivity contribution < 1.29 is 14.3 Å². The molecule has 1 aromatic rings. The monoisotopic (exact) mass is 264 g/mol. The highest BCUT2D eigenvalue weighted by atomic mass is 16.6. The Bertz CT molecular complexity index is 466. The lowest BCUT2D eigenvalue weighted by Gasteiger charge is -2.21. The number of fused-ring (bicyclic) bond motifs is 1. The zero-order valence-corrected chi connectivity index (χ0v) is 11.6. The fraction of sp³-hybridized carbons (Fsp3) is 0.500. The predicted octanol–water partition coefficient (Wildman–Crippen LogP) is 2.52. The number of carbonyl (C=O) groups is 1. The first-order valence-electron chi connectivity index (χ1n) is 6.40. The van der Waals surface area contributed by atoms with Crippen LogP contribution in [0.3, 0.4) is 0 Å². The van der Waals surface area contributed by atoms with Gasteiger partial charge >= 0.3 is 6.09 Å². The number of ether oxygens (including phenoxy) is 2. The van der Waals surface area contributed by atoms with Gasteiger partial charge in [-0.25, -0.2) is 4.79 Å². The summed E-state index contributed by atoms with van der Waals surface area (Å²) in [4.78, 5) is 11.5. The minimum absolute atomic E-state index is 0.413. The second kappa shape index (κ2) is 5.38. The first kappa shape index (κ1) is 13.5. The van der Waals surface area contributed by atoms with Crippen molar-refractivity contribution in [1.29, 1.82) is 0 Å². The molecule has 1 amide bonds. The summed E-state index contributed by atoms with van der Waals surface area (Å²) in [6, 6.07) is 5.84. The lowest BCUT2D eigenvalue weighted by atomic mass is 10.1. The second-order valence-electron chi connectivity index (χ2n) is 5.46. The van der Waals surface area contributed by atoms with Gasteiger partial charge in [0.05, 0.1) is 5.69 Å². The Kier molecular flexibility index (Phi) is 3.83. The number of alkyl carbamates (subject to hydrolysis) is 1. The molecule has 0 spiro atoms. The molecule has 1 aromatic carbocycles. The molecule has 1 heterocycles. The van der Waals surface area contributed by atoms with E-state index in [0.717, 1.165) is 23.5 Å². The Morgan fingerprint density at radius 2 is 2.26 bits per heavy atom. The lowest BCUT2D eigenvalue weighted by Crippen LogP contribution is -2.32. The molecule has 0 saturated heterocycles. The van der Waals surface area contributed by atoms with Crippen molar-refractivity contribution in [3.05, 3.63) is 23.8 Å². The Labute approximate surface area is 113 Å². The van der Waals surface area contributed by atoms with E-state index < -0.39 is 11.7 Å². The van der Waals surface area contributed by atoms with E-state index in [2.05, 4.69) is 10.6 Å². The maximum absolute atomic E-state index is 11.5. The van der Waals surface area contributed by atoms with E-state index in [1.165, 1.54) is 0 Å². The van der Waals surface area contributed by atoms with Crippen LogP contribution in [0, 0.1) is 0 Å². The molecular weight excluding hydrogens is 244 g/mol. The van der Waals surface area contributed by atoms with E-state index in [-0.39, 0.29) is 0 Å². The number of hydrogen-bond acceptors (Lipinski definition) is 4. The molecule has 0 radical (unpaired) electrons. The Morgan fingerprint density at radius 3 is 3.00 bits per heavy atom. The number of benzene rings is 1. The van der Waals surface area contributed by atoms with E-state index in [1.54, 1.807) is 0 Å². The van der Waals surface area contributed by atoms with Gasteiger partial charge in [0.2, 0.25) is 0 Å². The Balaban J connectivity index is 1.91. The number of amides is 1. The van der Waals surface area contributed by atoms with Crippen molar-refractivity contribution in [2.45, 2.75) is 32.9 Å². The summed E-state index contributed by atoms with van der Waals surface area (Å²) in [5, 5.41) is 5.97. The van der Waals surface area contributed by atoms with E-state index in [1.807, 2.05) is 39.0 Å². The third kappa shape index (κ3) is 4.05. The Morgan fingerprint density at radius 1 is 1.47 bits per heavy atom. The van der Waals surface area contributed by atoms with Crippen LogP contribution in [-0.2, 0) is 11.3 Å². The molecule has 104 valence electrons. The largest absolute Gasteiger partial charge is 0.490 e. The number of nitrogens with one attached hydrogen (secondary N) is 2. The highest BCUT2D eigenvalue weighted by Gasteiger charge is 2.16. The molecular formula is C14H20N2O3. The molecule has 19 heavy (non-hydrogen) atoms. The molecule has 0 atom stereocenters. The number of rotatable bonds is 2. The summed E-state index contributed by atoms with van der Waals surface area (Å²) >= 11 is 0. The standard InChI is InChI=1S/C14H20N2O3/c1-14(2,3)19-13(17)16-9-10-4-5-11-12(8-10)18-7-6-15-11/h4-5,8,15H,6-7,9H2,1-3H3,(H,16,17). The molecule has 0 unspecified atom stereocenters. The maximum atomic E-state index is 11.5. The van der Waals surface area contributed by atoms with Crippen LogP contribution in [0.2, 0.25) is 0 Å². The summed E-state index contributed by atoms with van der Waals surface area (Å²) < 4.78 is 10.7. The molecule has 0 aromatic heterocycles. The fourth-order valence-electron chi connectivity index (χ4n) is 1.78.